The van der Waals surface area contributed by atoms with Gasteiger partial charge in [-0.3, -0.25) is 20.3 Å². The van der Waals surface area contributed by atoms with Gasteiger partial charge >= 0.3 is 0 Å². The van der Waals surface area contributed by atoms with Gasteiger partial charge in [-0.05, 0) is 87.9 Å². The molecule has 0 bridgehead atoms. The van der Waals surface area contributed by atoms with Gasteiger partial charge in [-0.25, -0.2) is 0 Å². The molecule has 48 heavy (non-hydrogen) atoms. The van der Waals surface area contributed by atoms with Gasteiger partial charge in [0.15, 0.2) is 6.35 Å². The maximum absolute atomic E-state index is 12.8. The first-order valence-corrected chi connectivity index (χ1v) is 19.1. The van der Waals surface area contributed by atoms with Crippen LogP contribution in [0.5, 0.6) is 5.75 Å². The average molecular weight is 679 g/mol. The van der Waals surface area contributed by atoms with Gasteiger partial charge in [0, 0.05) is 55.0 Å². The summed E-state index contributed by atoms with van der Waals surface area (Å²) in [6.07, 6.45) is 16.5. The minimum atomic E-state index is -0.304. The number of piperazine rings is 1. The molecule has 9 nitrogen and oxygen atoms in total. The maximum atomic E-state index is 12.8. The predicted octanol–water partition coefficient (Wildman–Crippen LogP) is 5.44. The van der Waals surface area contributed by atoms with E-state index in [0.29, 0.717) is 44.0 Å². The number of amides is 1. The van der Waals surface area contributed by atoms with Crippen LogP contribution in [-0.4, -0.2) is 96.2 Å². The second kappa shape index (κ2) is 14.6. The molecule has 4 aliphatic heterocycles. The summed E-state index contributed by atoms with van der Waals surface area (Å²) in [4.78, 5) is 19.7. The number of rotatable bonds is 7. The lowest BCUT2D eigenvalue weighted by Crippen LogP contribution is -2.79. The molecule has 4 heterocycles. The van der Waals surface area contributed by atoms with E-state index in [-0.39, 0.29) is 35.6 Å². The Morgan fingerprint density at radius 3 is 2.69 bits per heavy atom. The van der Waals surface area contributed by atoms with Gasteiger partial charge in [0.25, 0.3) is 0 Å². The van der Waals surface area contributed by atoms with E-state index in [1.165, 1.54) is 63.0 Å². The van der Waals surface area contributed by atoms with Crippen LogP contribution in [0.1, 0.15) is 89.0 Å². The molecule has 1 aromatic rings. The van der Waals surface area contributed by atoms with E-state index in [0.717, 1.165) is 56.0 Å². The summed E-state index contributed by atoms with van der Waals surface area (Å²) in [5.74, 6) is 1.72. The minimum absolute atomic E-state index is 0.0562. The van der Waals surface area contributed by atoms with Crippen molar-refractivity contribution in [3.05, 3.63) is 41.4 Å². The van der Waals surface area contributed by atoms with Crippen molar-refractivity contribution >= 4 is 17.5 Å². The van der Waals surface area contributed by atoms with Crippen molar-refractivity contribution in [1.82, 2.24) is 25.3 Å². The Balaban J connectivity index is 1.24. The Labute approximate surface area is 292 Å². The number of carbonyl (C=O) groups is 1. The van der Waals surface area contributed by atoms with E-state index in [4.69, 9.17) is 21.1 Å². The van der Waals surface area contributed by atoms with Crippen LogP contribution in [0.15, 0.2) is 30.9 Å². The Kier molecular flexibility index (Phi) is 10.4. The molecular formula is C38H55ClN6O3. The zero-order valence-corrected chi connectivity index (χ0v) is 29.6. The van der Waals surface area contributed by atoms with Gasteiger partial charge in [-0.2, -0.15) is 5.26 Å². The molecule has 1 aromatic carbocycles. The lowest BCUT2D eigenvalue weighted by Gasteiger charge is -2.63. The van der Waals surface area contributed by atoms with E-state index >= 15 is 0 Å². The second-order valence-corrected chi connectivity index (χ2v) is 16.0. The fraction of sp³-hybridized carbons (Fsp3) is 0.737. The molecular weight excluding hydrogens is 624 g/mol. The first kappa shape index (κ1) is 34.3. The number of hydrogen-bond donors (Lipinski definition) is 2. The van der Waals surface area contributed by atoms with Gasteiger partial charge in [-0.1, -0.05) is 50.3 Å². The molecule has 0 aromatic heterocycles. The van der Waals surface area contributed by atoms with Crippen LogP contribution in [0.25, 0.3) is 0 Å². The first-order valence-electron chi connectivity index (χ1n) is 18.7. The molecule has 6 unspecified atom stereocenters. The van der Waals surface area contributed by atoms with Gasteiger partial charge in [0.05, 0.1) is 31.3 Å². The number of halogens is 1. The zero-order chi connectivity index (χ0) is 33.3. The average Bonchev–Trinajstić information content (AvgIpc) is 3.64. The number of benzene rings is 1. The fourth-order valence-electron chi connectivity index (χ4n) is 10.4. The highest BCUT2D eigenvalue weighted by Gasteiger charge is 2.61. The number of ether oxygens (including phenoxy) is 2. The third-order valence-corrected chi connectivity index (χ3v) is 13.0. The van der Waals surface area contributed by atoms with Crippen LogP contribution >= 0.6 is 11.6 Å². The molecule has 6 aliphatic rings. The summed E-state index contributed by atoms with van der Waals surface area (Å²) in [7, 11) is 2.21. The van der Waals surface area contributed by atoms with E-state index in [9.17, 15) is 10.1 Å². The molecule has 5 fully saturated rings. The molecule has 7 atom stereocenters. The van der Waals surface area contributed by atoms with Crippen molar-refractivity contribution in [3.8, 4) is 11.8 Å². The molecule has 1 amide bonds. The van der Waals surface area contributed by atoms with Crippen LogP contribution in [0.4, 0.5) is 0 Å². The number of nitriles is 1. The van der Waals surface area contributed by atoms with Crippen LogP contribution in [-0.2, 0) is 16.0 Å². The predicted molar refractivity (Wildman–Crippen MR) is 187 cm³/mol. The molecule has 2 aliphatic carbocycles. The molecule has 262 valence electrons. The monoisotopic (exact) mass is 678 g/mol. The van der Waals surface area contributed by atoms with Crippen LogP contribution in [0.2, 0.25) is 5.02 Å². The van der Waals surface area contributed by atoms with E-state index < -0.39 is 0 Å². The molecule has 1 spiro atoms. The van der Waals surface area contributed by atoms with E-state index in [1.807, 2.05) is 11.0 Å². The summed E-state index contributed by atoms with van der Waals surface area (Å²) in [6, 6.07) is 8.73. The smallest absolute Gasteiger partial charge is 0.246 e. The first-order chi connectivity index (χ1) is 23.3. The van der Waals surface area contributed by atoms with Crippen molar-refractivity contribution in [1.29, 1.82) is 5.26 Å². The SMILES string of the molecule is C=CC(=O)N1CCN(C2NC(OCC3CCCN3C)NC3(C4CCCCCCC4)C[C@]4(CCC23)Cc2cc(Cl)ccc2O4)CC1CC#N. The number of hydrogen-bond acceptors (Lipinski definition) is 8. The third kappa shape index (κ3) is 6.78. The highest BCUT2D eigenvalue weighted by atomic mass is 35.5. The van der Waals surface area contributed by atoms with Crippen LogP contribution < -0.4 is 15.4 Å². The standard InChI is InChI=1S/C38H55ClN6O3/c1-3-34(46)45-21-20-44(24-30(45)16-18-40)35-32-15-17-37(23-27-22-29(39)13-14-33(27)48-37)26-38(32,28-10-7-5-4-6-8-11-28)42-36(41-35)47-25-31-12-9-19-43(31)2/h3,13-14,22,28,30-32,35-36,41-42H,1,4-12,15-17,19-21,23-26H2,2H3/t30?,31?,32?,35?,36?,37-,38?/m0/s1. The quantitative estimate of drug-likeness (QED) is 0.369. The van der Waals surface area contributed by atoms with Gasteiger partial charge in [0.2, 0.25) is 5.91 Å². The van der Waals surface area contributed by atoms with Gasteiger partial charge in [0.1, 0.15) is 11.4 Å². The summed E-state index contributed by atoms with van der Waals surface area (Å²) >= 11 is 6.49. The van der Waals surface area contributed by atoms with Crippen molar-refractivity contribution in [2.75, 3.05) is 39.8 Å². The number of likely N-dealkylation sites (tertiary alicyclic amines) is 1. The van der Waals surface area contributed by atoms with Crippen molar-refractivity contribution in [2.45, 2.75) is 126 Å². The van der Waals surface area contributed by atoms with E-state index in [2.05, 4.69) is 52.3 Å². The summed E-state index contributed by atoms with van der Waals surface area (Å²) in [6.45, 7) is 7.55. The fourth-order valence-corrected chi connectivity index (χ4v) is 10.6. The molecule has 7 rings (SSSR count). The Morgan fingerprint density at radius 2 is 1.94 bits per heavy atom. The largest absolute Gasteiger partial charge is 0.487 e. The number of carbonyl (C=O) groups excluding carboxylic acids is 1. The van der Waals surface area contributed by atoms with Gasteiger partial charge in [-0.15, -0.1) is 0 Å². The molecule has 10 heteroatoms. The number of nitrogens with zero attached hydrogens (tertiary/aromatic N) is 4. The van der Waals surface area contributed by atoms with E-state index in [1.54, 1.807) is 0 Å². The summed E-state index contributed by atoms with van der Waals surface area (Å²) < 4.78 is 13.9. The van der Waals surface area contributed by atoms with Crippen molar-refractivity contribution in [3.63, 3.8) is 0 Å². The highest BCUT2D eigenvalue weighted by molar-refractivity contribution is 6.30. The van der Waals surface area contributed by atoms with Gasteiger partial charge < -0.3 is 19.3 Å². The summed E-state index contributed by atoms with van der Waals surface area (Å²) in [5, 5.41) is 18.8. The maximum Gasteiger partial charge on any atom is 0.246 e. The third-order valence-electron chi connectivity index (χ3n) is 12.8. The van der Waals surface area contributed by atoms with Crippen LogP contribution in [0, 0.1) is 23.2 Å². The number of likely N-dealkylation sites (N-methyl/N-ethyl adjacent to an activating group) is 1. The molecule has 2 N–H and O–H groups in total. The topological polar surface area (TPSA) is 93.1 Å². The minimum Gasteiger partial charge on any atom is -0.487 e. The number of nitrogens with one attached hydrogen (secondary N) is 2. The summed E-state index contributed by atoms with van der Waals surface area (Å²) in [5.41, 5.74) is 0.747. The Hall–Kier alpha value is -2.19. The zero-order valence-electron chi connectivity index (χ0n) is 28.8. The van der Waals surface area contributed by atoms with Crippen molar-refractivity contribution < 1.29 is 14.3 Å². The Bertz CT molecular complexity index is 1360. The lowest BCUT2D eigenvalue weighted by atomic mass is 9.56. The van der Waals surface area contributed by atoms with Crippen LogP contribution in [0.3, 0.4) is 0 Å². The second-order valence-electron chi connectivity index (χ2n) is 15.6. The van der Waals surface area contributed by atoms with Crippen molar-refractivity contribution in [2.24, 2.45) is 11.8 Å². The number of fused-ring (bicyclic) bond motifs is 2. The highest BCUT2D eigenvalue weighted by Crippen LogP contribution is 2.55. The Morgan fingerprint density at radius 1 is 1.12 bits per heavy atom. The normalized spacial score (nSPS) is 36.4. The lowest BCUT2D eigenvalue weighted by molar-refractivity contribution is -0.171. The molecule has 3 saturated heterocycles. The molecule has 0 radical (unpaired) electrons. The molecule has 2 saturated carbocycles.